The lowest BCUT2D eigenvalue weighted by molar-refractivity contribution is -0.166. The third kappa shape index (κ3) is 56.5. The van der Waals surface area contributed by atoms with Crippen molar-refractivity contribution in [2.45, 2.75) is 252 Å². The average Bonchev–Trinajstić information content (AvgIpc) is 3.38. The van der Waals surface area contributed by atoms with Gasteiger partial charge in [0.25, 0.3) is 0 Å². The normalized spacial score (nSPS) is 13.1. The summed E-state index contributed by atoms with van der Waals surface area (Å²) in [5.41, 5.74) is 0. The van der Waals surface area contributed by atoms with Gasteiger partial charge in [-0.15, -0.1) is 0 Å². The predicted molar refractivity (Wildman–Crippen MR) is 311 cm³/mol. The SMILES string of the molecule is CC/C=C\C/C=C\C/C=C\C/C=C\C/C=C\C/C=C\CCC(=O)OCC(COC(=O)CCC/C=C\C/C=C\C/C=C\C/C=C\CCCCC)OC(=O)CCCCCCC/C=C\CCCCCCCCCCC. The van der Waals surface area contributed by atoms with Crippen LogP contribution in [0.5, 0.6) is 0 Å². The second-order valence-electron chi connectivity index (χ2n) is 18.8. The summed E-state index contributed by atoms with van der Waals surface area (Å²) in [5, 5.41) is 0. The summed E-state index contributed by atoms with van der Waals surface area (Å²) >= 11 is 0. The van der Waals surface area contributed by atoms with E-state index in [-0.39, 0.29) is 50.4 Å². The highest BCUT2D eigenvalue weighted by molar-refractivity contribution is 5.71. The van der Waals surface area contributed by atoms with Gasteiger partial charge in [0, 0.05) is 19.3 Å². The van der Waals surface area contributed by atoms with Crippen molar-refractivity contribution in [3.63, 3.8) is 0 Å². The van der Waals surface area contributed by atoms with Crippen LogP contribution in [0.2, 0.25) is 0 Å². The summed E-state index contributed by atoms with van der Waals surface area (Å²) in [6.45, 7) is 6.38. The van der Waals surface area contributed by atoms with Gasteiger partial charge in [-0.1, -0.05) is 238 Å². The minimum Gasteiger partial charge on any atom is -0.462 e. The van der Waals surface area contributed by atoms with E-state index in [1.165, 1.54) is 96.3 Å². The third-order valence-electron chi connectivity index (χ3n) is 11.9. The van der Waals surface area contributed by atoms with Crippen LogP contribution in [0.1, 0.15) is 245 Å². The van der Waals surface area contributed by atoms with Crippen molar-refractivity contribution in [2.75, 3.05) is 13.2 Å². The third-order valence-corrected chi connectivity index (χ3v) is 11.9. The minimum atomic E-state index is -0.841. The molecule has 406 valence electrons. The maximum absolute atomic E-state index is 12.9. The molecule has 0 bridgehead atoms. The zero-order valence-corrected chi connectivity index (χ0v) is 46.4. The van der Waals surface area contributed by atoms with Crippen molar-refractivity contribution in [2.24, 2.45) is 0 Å². The molecule has 0 saturated heterocycles. The molecule has 0 aliphatic carbocycles. The molecule has 1 atom stereocenters. The highest BCUT2D eigenvalue weighted by Crippen LogP contribution is 2.13. The fraction of sp³-hybridized carbons (Fsp3) is 0.621. The van der Waals surface area contributed by atoms with E-state index in [9.17, 15) is 14.4 Å². The van der Waals surface area contributed by atoms with Crippen molar-refractivity contribution < 1.29 is 28.6 Å². The standard InChI is InChI=1S/C66H106O6/c1-4-7-10-13-16-19-22-25-28-31-33-36-38-41-44-47-50-53-56-59-65(68)71-62-63(61-70-64(67)58-55-52-49-46-43-40-37-34-30-27-24-21-18-15-12-9-6-3)72-66(69)60-57-54-51-48-45-42-39-35-32-29-26-23-20-17-14-11-8-5-2/h7,10,16,18-19,21,25,27-28,30,33,35-37,39-41,44,46,49-50,53,63H,4-6,8-9,11-15,17,20,22-24,26,29,31-32,34,38,42-43,45,47-48,51-52,54-62H2,1-3H3/b10-7-,19-16-,21-18-,28-25-,30-27-,36-33-,39-35-,40-37-,44-41-,49-46-,53-50-. The molecule has 0 aliphatic heterocycles. The number of carbonyl (C=O) groups is 3. The van der Waals surface area contributed by atoms with Gasteiger partial charge in [0.1, 0.15) is 13.2 Å². The van der Waals surface area contributed by atoms with Crippen molar-refractivity contribution in [3.05, 3.63) is 134 Å². The van der Waals surface area contributed by atoms with Gasteiger partial charge >= 0.3 is 17.9 Å². The number of carbonyl (C=O) groups excluding carboxylic acids is 3. The minimum absolute atomic E-state index is 0.137. The van der Waals surface area contributed by atoms with E-state index < -0.39 is 6.10 Å². The van der Waals surface area contributed by atoms with E-state index in [0.29, 0.717) is 12.8 Å². The van der Waals surface area contributed by atoms with Crippen molar-refractivity contribution >= 4 is 17.9 Å². The Morgan fingerprint density at radius 1 is 0.292 bits per heavy atom. The lowest BCUT2D eigenvalue weighted by Gasteiger charge is -2.18. The highest BCUT2D eigenvalue weighted by Gasteiger charge is 2.19. The molecule has 0 radical (unpaired) electrons. The first-order chi connectivity index (χ1) is 35.5. The summed E-state index contributed by atoms with van der Waals surface area (Å²) in [4.78, 5) is 38.1. The summed E-state index contributed by atoms with van der Waals surface area (Å²) < 4.78 is 16.7. The van der Waals surface area contributed by atoms with Gasteiger partial charge in [-0.25, -0.2) is 0 Å². The first-order valence-electron chi connectivity index (χ1n) is 29.2. The van der Waals surface area contributed by atoms with Crippen LogP contribution >= 0.6 is 0 Å². The number of hydrogen-bond donors (Lipinski definition) is 0. The molecule has 0 amide bonds. The van der Waals surface area contributed by atoms with Gasteiger partial charge in [-0.2, -0.15) is 0 Å². The summed E-state index contributed by atoms with van der Waals surface area (Å²) in [6, 6.07) is 0. The van der Waals surface area contributed by atoms with Crippen molar-refractivity contribution in [1.82, 2.24) is 0 Å². The monoisotopic (exact) mass is 995 g/mol. The van der Waals surface area contributed by atoms with Crippen LogP contribution in [0.15, 0.2) is 134 Å². The van der Waals surface area contributed by atoms with Crippen molar-refractivity contribution in [1.29, 1.82) is 0 Å². The molecule has 0 heterocycles. The Hall–Kier alpha value is -4.45. The van der Waals surface area contributed by atoms with Crippen LogP contribution in [0.3, 0.4) is 0 Å². The number of esters is 3. The molecule has 0 saturated carbocycles. The molecule has 6 nitrogen and oxygen atoms in total. The van der Waals surface area contributed by atoms with E-state index in [4.69, 9.17) is 14.2 Å². The Balaban J connectivity index is 4.61. The van der Waals surface area contributed by atoms with Crippen LogP contribution in [-0.2, 0) is 28.6 Å². The molecule has 0 aliphatic rings. The second-order valence-corrected chi connectivity index (χ2v) is 18.8. The van der Waals surface area contributed by atoms with E-state index in [1.807, 2.05) is 12.2 Å². The fourth-order valence-electron chi connectivity index (χ4n) is 7.51. The molecule has 0 fully saturated rings. The summed E-state index contributed by atoms with van der Waals surface area (Å²) in [7, 11) is 0. The lowest BCUT2D eigenvalue weighted by Crippen LogP contribution is -2.30. The van der Waals surface area contributed by atoms with Crippen LogP contribution in [-0.4, -0.2) is 37.2 Å². The Morgan fingerprint density at radius 3 is 1.01 bits per heavy atom. The fourth-order valence-corrected chi connectivity index (χ4v) is 7.51. The van der Waals surface area contributed by atoms with E-state index in [1.54, 1.807) is 0 Å². The maximum Gasteiger partial charge on any atom is 0.306 e. The molecule has 0 aromatic carbocycles. The number of allylic oxidation sites excluding steroid dienone is 22. The number of rotatable bonds is 51. The Morgan fingerprint density at radius 2 is 0.583 bits per heavy atom. The van der Waals surface area contributed by atoms with Crippen LogP contribution in [0.25, 0.3) is 0 Å². The highest BCUT2D eigenvalue weighted by atomic mass is 16.6. The van der Waals surface area contributed by atoms with Crippen LogP contribution in [0, 0.1) is 0 Å². The lowest BCUT2D eigenvalue weighted by atomic mass is 10.1. The van der Waals surface area contributed by atoms with Gasteiger partial charge in [0.2, 0.25) is 0 Å². The Kier molecular flexibility index (Phi) is 55.5. The van der Waals surface area contributed by atoms with E-state index >= 15 is 0 Å². The number of unbranched alkanes of at least 4 members (excludes halogenated alkanes) is 18. The second kappa shape index (κ2) is 59.1. The molecule has 0 aromatic rings. The predicted octanol–water partition coefficient (Wildman–Crippen LogP) is 19.8. The maximum atomic E-state index is 12.9. The molecular formula is C66H106O6. The summed E-state index contributed by atoms with van der Waals surface area (Å²) in [6.07, 6.45) is 83.2. The Bertz CT molecular complexity index is 1560. The number of hydrogen-bond acceptors (Lipinski definition) is 6. The van der Waals surface area contributed by atoms with Gasteiger partial charge in [0.05, 0.1) is 0 Å². The quantitative estimate of drug-likeness (QED) is 0.0261. The largest absolute Gasteiger partial charge is 0.462 e. The van der Waals surface area contributed by atoms with E-state index in [2.05, 4.69) is 142 Å². The van der Waals surface area contributed by atoms with Gasteiger partial charge in [-0.3, -0.25) is 14.4 Å². The molecule has 72 heavy (non-hydrogen) atoms. The van der Waals surface area contributed by atoms with Gasteiger partial charge in [0.15, 0.2) is 6.10 Å². The first kappa shape index (κ1) is 67.5. The van der Waals surface area contributed by atoms with Crippen LogP contribution < -0.4 is 0 Å². The van der Waals surface area contributed by atoms with Gasteiger partial charge < -0.3 is 14.2 Å². The van der Waals surface area contributed by atoms with Gasteiger partial charge in [-0.05, 0) is 122 Å². The zero-order chi connectivity index (χ0) is 52.2. The smallest absolute Gasteiger partial charge is 0.306 e. The van der Waals surface area contributed by atoms with Crippen molar-refractivity contribution in [3.8, 4) is 0 Å². The molecule has 6 heteroatoms. The molecule has 0 N–H and O–H groups in total. The molecule has 1 unspecified atom stereocenters. The van der Waals surface area contributed by atoms with E-state index in [0.717, 1.165) is 96.3 Å². The summed E-state index contributed by atoms with van der Waals surface area (Å²) in [5.74, 6) is -1.08. The number of ether oxygens (including phenoxy) is 3. The molecule has 0 spiro atoms. The topological polar surface area (TPSA) is 78.9 Å². The average molecular weight is 996 g/mol. The molecule has 0 rings (SSSR count). The first-order valence-corrected chi connectivity index (χ1v) is 29.2. The molecular weight excluding hydrogens is 889 g/mol. The zero-order valence-electron chi connectivity index (χ0n) is 46.4. The van der Waals surface area contributed by atoms with Crippen LogP contribution in [0.4, 0.5) is 0 Å². The molecule has 0 aromatic heterocycles. The Labute approximate surface area is 443 Å².